The van der Waals surface area contributed by atoms with E-state index < -0.39 is 54.0 Å². The van der Waals surface area contributed by atoms with Gasteiger partial charge >= 0.3 is 5.97 Å². The second-order valence-electron chi connectivity index (χ2n) is 7.53. The molecule has 0 bridgehead atoms. The summed E-state index contributed by atoms with van der Waals surface area (Å²) < 4.78 is 0. The lowest BCUT2D eigenvalue weighted by Crippen LogP contribution is -2.58. The van der Waals surface area contributed by atoms with Crippen molar-refractivity contribution in [2.75, 3.05) is 6.54 Å². The first kappa shape index (κ1) is 27.0. The minimum absolute atomic E-state index is 0.0624. The Kier molecular flexibility index (Phi) is 11.3. The van der Waals surface area contributed by atoms with Gasteiger partial charge in [-0.2, -0.15) is 0 Å². The Morgan fingerprint density at radius 1 is 1.09 bits per heavy atom. The van der Waals surface area contributed by atoms with E-state index in [9.17, 15) is 24.3 Å². The quantitative estimate of drug-likeness (QED) is 0.137. The van der Waals surface area contributed by atoms with Gasteiger partial charge in [-0.25, -0.2) is 9.78 Å². The zero-order valence-corrected chi connectivity index (χ0v) is 18.2. The number of amides is 3. The number of carboxylic acids is 1. The van der Waals surface area contributed by atoms with Gasteiger partial charge in [-0.15, -0.1) is 0 Å². The zero-order chi connectivity index (χ0) is 24.3. The minimum Gasteiger partial charge on any atom is -0.480 e. The van der Waals surface area contributed by atoms with Crippen LogP contribution in [0.25, 0.3) is 0 Å². The fourth-order valence-electron chi connectivity index (χ4n) is 2.79. The van der Waals surface area contributed by atoms with Gasteiger partial charge in [-0.1, -0.05) is 6.42 Å². The van der Waals surface area contributed by atoms with Crippen LogP contribution in [-0.4, -0.2) is 80.7 Å². The lowest BCUT2D eigenvalue weighted by molar-refractivity contribution is -0.145. The number of carbonyl (C=O) groups excluding carboxylic acids is 3. The van der Waals surface area contributed by atoms with Gasteiger partial charge in [0.15, 0.2) is 6.04 Å². The molecule has 3 amide bonds. The molecule has 1 aromatic rings. The van der Waals surface area contributed by atoms with Gasteiger partial charge in [0.2, 0.25) is 17.7 Å². The molecule has 1 rings (SSSR count). The number of rotatable bonds is 14. The highest BCUT2D eigenvalue weighted by molar-refractivity contribution is 5.94. The number of carbonyl (C=O) groups is 4. The third-order valence-corrected chi connectivity index (χ3v) is 4.72. The second-order valence-corrected chi connectivity index (χ2v) is 7.53. The van der Waals surface area contributed by atoms with E-state index in [2.05, 4.69) is 25.9 Å². The second kappa shape index (κ2) is 13.4. The van der Waals surface area contributed by atoms with E-state index >= 15 is 0 Å². The Morgan fingerprint density at radius 3 is 2.31 bits per heavy atom. The largest absolute Gasteiger partial charge is 0.480 e. The van der Waals surface area contributed by atoms with Gasteiger partial charge in [0.1, 0.15) is 12.1 Å². The number of aliphatic carboxylic acids is 1. The van der Waals surface area contributed by atoms with E-state index in [1.165, 1.54) is 26.4 Å². The maximum Gasteiger partial charge on any atom is 0.328 e. The number of nitrogens with one attached hydrogen (secondary N) is 4. The normalized spacial score (nSPS) is 15.7. The highest BCUT2D eigenvalue weighted by Crippen LogP contribution is 2.03. The van der Waals surface area contributed by atoms with Crippen molar-refractivity contribution in [1.82, 2.24) is 25.9 Å². The molecule has 1 aromatic heterocycles. The van der Waals surface area contributed by atoms with Crippen LogP contribution in [0.4, 0.5) is 0 Å². The van der Waals surface area contributed by atoms with Gasteiger partial charge in [0.25, 0.3) is 0 Å². The molecule has 1 heterocycles. The van der Waals surface area contributed by atoms with Gasteiger partial charge in [0, 0.05) is 18.3 Å². The summed E-state index contributed by atoms with van der Waals surface area (Å²) in [5.41, 5.74) is 11.9. The Hall–Kier alpha value is -3.03. The van der Waals surface area contributed by atoms with Crippen LogP contribution in [0.15, 0.2) is 12.5 Å². The highest BCUT2D eigenvalue weighted by Gasteiger charge is 2.30. The highest BCUT2D eigenvalue weighted by atomic mass is 16.4. The first-order valence-electron chi connectivity index (χ1n) is 10.3. The standard InChI is InChI=1S/C19H33N7O6/c1-10(16(28)26-15(11(2)27)19(31)32)24-18(30)14(7-12-8-22-9-23-12)25-17(29)13(21)5-3-4-6-20/h8-11,13-15,27H,3-7,20-21H2,1-2H3,(H,22,23)(H,24,30)(H,25,29)(H,26,28)(H,31,32). The topological polar surface area (TPSA) is 226 Å². The van der Waals surface area contributed by atoms with Crippen molar-refractivity contribution < 1.29 is 29.4 Å². The van der Waals surface area contributed by atoms with Gasteiger partial charge in [0.05, 0.1) is 18.5 Å². The number of H-pyrrole nitrogens is 1. The SMILES string of the molecule is CC(NC(=O)C(Cc1cnc[nH]1)NC(=O)C(N)CCCCN)C(=O)NC(C(=O)O)C(C)O. The number of hydrogen-bond donors (Lipinski definition) is 8. The van der Waals surface area contributed by atoms with Crippen LogP contribution in [0.3, 0.4) is 0 Å². The molecule has 0 aromatic carbocycles. The summed E-state index contributed by atoms with van der Waals surface area (Å²) in [5, 5.41) is 25.8. The Bertz CT molecular complexity index is 755. The molecule has 13 nitrogen and oxygen atoms in total. The lowest BCUT2D eigenvalue weighted by atomic mass is 10.1. The van der Waals surface area contributed by atoms with E-state index in [1.807, 2.05) is 0 Å². The molecular weight excluding hydrogens is 422 g/mol. The van der Waals surface area contributed by atoms with Crippen LogP contribution in [0, 0.1) is 0 Å². The van der Waals surface area contributed by atoms with Gasteiger partial charge in [-0.05, 0) is 33.2 Å². The minimum atomic E-state index is -1.53. The van der Waals surface area contributed by atoms with Crippen LogP contribution < -0.4 is 27.4 Å². The number of nitrogens with two attached hydrogens (primary N) is 2. The molecule has 0 radical (unpaired) electrons. The summed E-state index contributed by atoms with van der Waals surface area (Å²) >= 11 is 0. The number of aromatic amines is 1. The molecular formula is C19H33N7O6. The van der Waals surface area contributed by atoms with E-state index in [0.717, 1.165) is 6.42 Å². The molecule has 5 atom stereocenters. The van der Waals surface area contributed by atoms with Crippen molar-refractivity contribution >= 4 is 23.7 Å². The summed E-state index contributed by atoms with van der Waals surface area (Å²) in [4.78, 5) is 55.4. The zero-order valence-electron chi connectivity index (χ0n) is 18.2. The molecule has 13 heteroatoms. The van der Waals surface area contributed by atoms with Crippen LogP contribution >= 0.6 is 0 Å². The van der Waals surface area contributed by atoms with Crippen LogP contribution in [0.1, 0.15) is 38.8 Å². The Balaban J connectivity index is 2.81. The molecule has 0 saturated heterocycles. The first-order chi connectivity index (χ1) is 15.1. The molecule has 0 aliphatic carbocycles. The maximum absolute atomic E-state index is 12.8. The van der Waals surface area contributed by atoms with E-state index in [-0.39, 0.29) is 6.42 Å². The van der Waals surface area contributed by atoms with E-state index in [1.54, 1.807) is 0 Å². The smallest absolute Gasteiger partial charge is 0.328 e. The number of aliphatic hydroxyl groups is 1. The first-order valence-corrected chi connectivity index (χ1v) is 10.3. The Labute approximate surface area is 185 Å². The summed E-state index contributed by atoms with van der Waals surface area (Å²) in [5.74, 6) is -3.43. The number of hydrogen-bond acceptors (Lipinski definition) is 8. The van der Waals surface area contributed by atoms with Crippen LogP contribution in [0.2, 0.25) is 0 Å². The fraction of sp³-hybridized carbons (Fsp3) is 0.632. The molecule has 10 N–H and O–H groups in total. The molecule has 0 aliphatic rings. The number of imidazole rings is 1. The molecule has 5 unspecified atom stereocenters. The van der Waals surface area contributed by atoms with Crippen molar-refractivity contribution in [2.45, 2.75) is 69.8 Å². The number of carboxylic acid groups (broad SMARTS) is 1. The predicted octanol–water partition coefficient (Wildman–Crippen LogP) is -2.65. The average molecular weight is 456 g/mol. The molecule has 0 saturated carbocycles. The summed E-state index contributed by atoms with van der Waals surface area (Å²) in [7, 11) is 0. The Morgan fingerprint density at radius 2 is 1.78 bits per heavy atom. The van der Waals surface area contributed by atoms with E-state index in [4.69, 9.17) is 16.6 Å². The molecule has 180 valence electrons. The van der Waals surface area contributed by atoms with E-state index in [0.29, 0.717) is 25.1 Å². The van der Waals surface area contributed by atoms with Crippen molar-refractivity contribution in [3.8, 4) is 0 Å². The maximum atomic E-state index is 12.8. The van der Waals surface area contributed by atoms with Crippen molar-refractivity contribution in [3.63, 3.8) is 0 Å². The average Bonchev–Trinajstić information content (AvgIpc) is 3.23. The summed E-state index contributed by atoms with van der Waals surface area (Å²) in [6.07, 6.45) is 3.41. The van der Waals surface area contributed by atoms with Crippen LogP contribution in [0.5, 0.6) is 0 Å². The molecule has 0 fully saturated rings. The number of aliphatic hydroxyl groups excluding tert-OH is 1. The molecule has 32 heavy (non-hydrogen) atoms. The van der Waals surface area contributed by atoms with Gasteiger partial charge < -0.3 is 42.6 Å². The van der Waals surface area contributed by atoms with Crippen LogP contribution in [-0.2, 0) is 25.6 Å². The van der Waals surface area contributed by atoms with Gasteiger partial charge in [-0.3, -0.25) is 14.4 Å². The third kappa shape index (κ3) is 8.99. The number of unbranched alkanes of at least 4 members (excludes halogenated alkanes) is 1. The molecule has 0 aliphatic heterocycles. The third-order valence-electron chi connectivity index (χ3n) is 4.72. The van der Waals surface area contributed by atoms with Crippen molar-refractivity contribution in [1.29, 1.82) is 0 Å². The lowest BCUT2D eigenvalue weighted by Gasteiger charge is -2.24. The summed E-state index contributed by atoms with van der Waals surface area (Å²) in [6.45, 7) is 3.05. The number of nitrogens with zero attached hydrogens (tertiary/aromatic N) is 1. The number of aromatic nitrogens is 2. The predicted molar refractivity (Wildman–Crippen MR) is 114 cm³/mol. The monoisotopic (exact) mass is 455 g/mol. The fourth-order valence-corrected chi connectivity index (χ4v) is 2.79. The summed E-state index contributed by atoms with van der Waals surface area (Å²) in [6, 6.07) is -4.57. The van der Waals surface area contributed by atoms with Crippen molar-refractivity contribution in [2.24, 2.45) is 11.5 Å². The van der Waals surface area contributed by atoms with Crippen molar-refractivity contribution in [3.05, 3.63) is 18.2 Å². The molecule has 0 spiro atoms.